The summed E-state index contributed by atoms with van der Waals surface area (Å²) >= 11 is 0. The van der Waals surface area contributed by atoms with Crippen LogP contribution < -0.4 is 0 Å². The molecule has 1 aliphatic rings. The van der Waals surface area contributed by atoms with Crippen molar-refractivity contribution in [1.82, 2.24) is 0 Å². The Kier molecular flexibility index (Phi) is 9.16. The van der Waals surface area contributed by atoms with Crippen molar-refractivity contribution < 1.29 is 33.7 Å². The lowest BCUT2D eigenvalue weighted by Crippen LogP contribution is -2.59. The summed E-state index contributed by atoms with van der Waals surface area (Å²) in [4.78, 5) is 39.5. The van der Waals surface area contributed by atoms with Gasteiger partial charge in [0.15, 0.2) is 6.10 Å². The number of esters is 1. The monoisotopic (exact) mass is 364 g/mol. The van der Waals surface area contributed by atoms with Crippen LogP contribution in [0.15, 0.2) is 12.7 Å². The Hall–Kier alpha value is -0.720. The van der Waals surface area contributed by atoms with Crippen LogP contribution >= 0.6 is 7.60 Å². The highest BCUT2D eigenvalue weighted by atomic mass is 31.2. The first kappa shape index (κ1) is 21.3. The lowest BCUT2D eigenvalue weighted by molar-refractivity contribution is -0.564. The Morgan fingerprint density at radius 2 is 1.88 bits per heavy atom. The fraction of sp³-hybridized carbons (Fsp3) is 0.812. The largest absolute Gasteiger partial charge is 0.424 e. The van der Waals surface area contributed by atoms with Crippen molar-refractivity contribution in [3.63, 3.8) is 0 Å². The molecule has 0 amide bonds. The summed E-state index contributed by atoms with van der Waals surface area (Å²) in [6, 6.07) is 0. The van der Waals surface area contributed by atoms with Gasteiger partial charge in [0, 0.05) is 12.5 Å². The van der Waals surface area contributed by atoms with E-state index in [1.54, 1.807) is 0 Å². The summed E-state index contributed by atoms with van der Waals surface area (Å²) in [6.07, 6.45) is 8.21. The van der Waals surface area contributed by atoms with Crippen LogP contribution in [0.2, 0.25) is 0 Å². The van der Waals surface area contributed by atoms with Crippen molar-refractivity contribution in [3.8, 4) is 0 Å². The van der Waals surface area contributed by atoms with Crippen LogP contribution in [0.3, 0.4) is 0 Å². The van der Waals surface area contributed by atoms with Crippen LogP contribution in [0.1, 0.15) is 64.7 Å². The van der Waals surface area contributed by atoms with E-state index in [1.807, 2.05) is 0 Å². The fourth-order valence-electron chi connectivity index (χ4n) is 2.65. The van der Waals surface area contributed by atoms with E-state index in [1.165, 1.54) is 25.7 Å². The van der Waals surface area contributed by atoms with Gasteiger partial charge in [-0.15, -0.1) is 0 Å². The van der Waals surface area contributed by atoms with Crippen molar-refractivity contribution >= 4 is 13.6 Å². The van der Waals surface area contributed by atoms with Gasteiger partial charge >= 0.3 is 13.6 Å². The maximum Gasteiger partial charge on any atom is 0.332 e. The van der Waals surface area contributed by atoms with E-state index in [0.29, 0.717) is 6.42 Å². The summed E-state index contributed by atoms with van der Waals surface area (Å²) < 4.78 is 16.3. The molecule has 0 bridgehead atoms. The average Bonchev–Trinajstić information content (AvgIpc) is 2.50. The molecule has 0 spiro atoms. The highest BCUT2D eigenvalue weighted by molar-refractivity contribution is 7.51. The van der Waals surface area contributed by atoms with Crippen molar-refractivity contribution in [2.24, 2.45) is 0 Å². The SMILES string of the molecule is C=CC(=O)OC1(CCCCCCCCC)OOC1CCP(=O)(O)O. The van der Waals surface area contributed by atoms with E-state index in [2.05, 4.69) is 13.5 Å². The molecule has 1 rings (SSSR count). The Bertz CT molecular complexity index is 448. The average molecular weight is 364 g/mol. The molecular formula is C16H29O7P. The molecule has 1 aliphatic heterocycles. The van der Waals surface area contributed by atoms with Crippen LogP contribution in [0.4, 0.5) is 0 Å². The van der Waals surface area contributed by atoms with E-state index in [0.717, 1.165) is 25.3 Å². The third-order valence-corrected chi connectivity index (χ3v) is 4.89. The second kappa shape index (κ2) is 10.3. The minimum absolute atomic E-state index is 0.0607. The maximum absolute atomic E-state index is 11.5. The highest BCUT2D eigenvalue weighted by Gasteiger charge is 2.54. The molecule has 0 aromatic rings. The predicted molar refractivity (Wildman–Crippen MR) is 89.1 cm³/mol. The van der Waals surface area contributed by atoms with Crippen molar-refractivity contribution in [3.05, 3.63) is 12.7 Å². The molecule has 0 aromatic heterocycles. The van der Waals surface area contributed by atoms with Crippen LogP contribution in [-0.2, 0) is 23.9 Å². The lowest BCUT2D eigenvalue weighted by Gasteiger charge is -2.45. The molecule has 1 saturated heterocycles. The molecule has 7 nitrogen and oxygen atoms in total. The van der Waals surface area contributed by atoms with Crippen LogP contribution in [-0.4, -0.2) is 33.8 Å². The van der Waals surface area contributed by atoms with Gasteiger partial charge < -0.3 is 14.5 Å². The summed E-state index contributed by atoms with van der Waals surface area (Å²) in [5.41, 5.74) is 0. The highest BCUT2D eigenvalue weighted by Crippen LogP contribution is 2.43. The zero-order valence-electron chi connectivity index (χ0n) is 14.3. The van der Waals surface area contributed by atoms with Gasteiger partial charge in [-0.2, -0.15) is 4.89 Å². The topological polar surface area (TPSA) is 102 Å². The third-order valence-electron chi connectivity index (χ3n) is 4.05. The summed E-state index contributed by atoms with van der Waals surface area (Å²) in [5, 5.41) is 0. The van der Waals surface area contributed by atoms with Crippen LogP contribution in [0.25, 0.3) is 0 Å². The lowest BCUT2D eigenvalue weighted by atomic mass is 9.97. The van der Waals surface area contributed by atoms with E-state index >= 15 is 0 Å². The van der Waals surface area contributed by atoms with Crippen molar-refractivity contribution in [1.29, 1.82) is 0 Å². The van der Waals surface area contributed by atoms with Gasteiger partial charge in [0.05, 0.1) is 6.16 Å². The van der Waals surface area contributed by atoms with Gasteiger partial charge in [-0.05, 0) is 12.8 Å². The second-order valence-corrected chi connectivity index (χ2v) is 7.93. The molecule has 8 heteroatoms. The number of hydrogen-bond donors (Lipinski definition) is 2. The molecule has 0 saturated carbocycles. The number of unbranched alkanes of at least 4 members (excludes halogenated alkanes) is 6. The van der Waals surface area contributed by atoms with Crippen LogP contribution in [0.5, 0.6) is 0 Å². The number of hydrogen-bond acceptors (Lipinski definition) is 5. The molecule has 0 aromatic carbocycles. The zero-order valence-corrected chi connectivity index (χ0v) is 15.2. The zero-order chi connectivity index (χ0) is 18.1. The van der Waals surface area contributed by atoms with Gasteiger partial charge in [-0.3, -0.25) is 4.57 Å². The number of ether oxygens (including phenoxy) is 1. The molecule has 0 radical (unpaired) electrons. The molecule has 2 unspecified atom stereocenters. The fourth-order valence-corrected chi connectivity index (χ4v) is 3.22. The summed E-state index contributed by atoms with van der Waals surface area (Å²) in [7, 11) is -4.14. The molecule has 140 valence electrons. The standard InChI is InChI=1S/C16H29O7P/c1-3-5-6-7-8-9-10-12-16(21-15(17)4-2)14(22-23-16)11-13-24(18,19)20/h4,14H,2-3,5-13H2,1H3,(H2,18,19,20). The molecule has 2 atom stereocenters. The second-order valence-electron chi connectivity index (χ2n) is 6.15. The Morgan fingerprint density at radius 1 is 1.25 bits per heavy atom. The summed E-state index contributed by atoms with van der Waals surface area (Å²) in [5.74, 6) is -1.90. The van der Waals surface area contributed by atoms with Gasteiger partial charge in [0.1, 0.15) is 0 Å². The summed E-state index contributed by atoms with van der Waals surface area (Å²) in [6.45, 7) is 5.53. The van der Waals surface area contributed by atoms with Gasteiger partial charge in [-0.1, -0.05) is 52.0 Å². The Labute approximate surface area is 143 Å². The van der Waals surface area contributed by atoms with Crippen molar-refractivity contribution in [2.75, 3.05) is 6.16 Å². The van der Waals surface area contributed by atoms with Gasteiger partial charge in [0.2, 0.25) is 0 Å². The van der Waals surface area contributed by atoms with Crippen LogP contribution in [0, 0.1) is 0 Å². The normalized spacial score (nSPS) is 23.5. The number of carbonyl (C=O) groups is 1. The van der Waals surface area contributed by atoms with E-state index < -0.39 is 25.5 Å². The van der Waals surface area contributed by atoms with E-state index in [-0.39, 0.29) is 12.6 Å². The number of rotatable bonds is 13. The predicted octanol–water partition coefficient (Wildman–Crippen LogP) is 3.45. The Balaban J connectivity index is 2.46. The van der Waals surface area contributed by atoms with Crippen molar-refractivity contribution in [2.45, 2.75) is 76.6 Å². The first-order valence-corrected chi connectivity index (χ1v) is 10.4. The maximum atomic E-state index is 11.5. The third kappa shape index (κ3) is 7.45. The minimum atomic E-state index is -4.14. The Morgan fingerprint density at radius 3 is 2.38 bits per heavy atom. The minimum Gasteiger partial charge on any atom is -0.424 e. The smallest absolute Gasteiger partial charge is 0.332 e. The molecule has 0 aliphatic carbocycles. The van der Waals surface area contributed by atoms with E-state index in [4.69, 9.17) is 24.3 Å². The van der Waals surface area contributed by atoms with E-state index in [9.17, 15) is 9.36 Å². The first-order chi connectivity index (χ1) is 11.3. The first-order valence-electron chi connectivity index (χ1n) is 8.57. The van der Waals surface area contributed by atoms with Gasteiger partial charge in [-0.25, -0.2) is 9.68 Å². The molecule has 1 heterocycles. The molecule has 1 fully saturated rings. The molecular weight excluding hydrogens is 335 g/mol. The number of carbonyl (C=O) groups excluding carboxylic acids is 1. The van der Waals surface area contributed by atoms with Gasteiger partial charge in [0.25, 0.3) is 5.79 Å². The quantitative estimate of drug-likeness (QED) is 0.170. The molecule has 2 N–H and O–H groups in total. The molecule has 24 heavy (non-hydrogen) atoms.